The molecule has 2 aromatic carbocycles. The van der Waals surface area contributed by atoms with E-state index in [1.807, 2.05) is 35.2 Å². The minimum Gasteiger partial charge on any atom is -0.342 e. The molecule has 0 aliphatic rings. The smallest absolute Gasteiger partial charge is 0.186 e. The first-order valence-electron chi connectivity index (χ1n) is 6.82. The molecule has 22 heavy (non-hydrogen) atoms. The van der Waals surface area contributed by atoms with E-state index in [9.17, 15) is 4.39 Å². The molecule has 0 saturated heterocycles. The molecule has 0 amide bonds. The molecule has 0 unspecified atom stereocenters. The molecule has 1 heterocycles. The fourth-order valence-corrected chi connectivity index (χ4v) is 3.22. The van der Waals surface area contributed by atoms with Crippen molar-refractivity contribution in [3.05, 3.63) is 59.9 Å². The van der Waals surface area contributed by atoms with Crippen molar-refractivity contribution < 1.29 is 4.39 Å². The molecular weight excluding hydrogens is 321 g/mol. The number of halogens is 2. The summed E-state index contributed by atoms with van der Waals surface area (Å²) >= 11 is 1.61. The van der Waals surface area contributed by atoms with Crippen molar-refractivity contribution in [3.8, 4) is 0 Å². The highest BCUT2D eigenvalue weighted by Crippen LogP contribution is 2.29. The van der Waals surface area contributed by atoms with Crippen molar-refractivity contribution in [1.82, 2.24) is 4.98 Å². The van der Waals surface area contributed by atoms with E-state index in [0.29, 0.717) is 25.2 Å². The van der Waals surface area contributed by atoms with Crippen molar-refractivity contribution in [1.29, 1.82) is 0 Å². The zero-order valence-electron chi connectivity index (χ0n) is 11.9. The third-order valence-electron chi connectivity index (χ3n) is 3.27. The molecule has 0 radical (unpaired) electrons. The molecule has 3 nitrogen and oxygen atoms in total. The molecule has 0 saturated carbocycles. The summed E-state index contributed by atoms with van der Waals surface area (Å²) in [6.07, 6.45) is 0. The van der Waals surface area contributed by atoms with Crippen molar-refractivity contribution in [2.45, 2.75) is 6.54 Å². The lowest BCUT2D eigenvalue weighted by Gasteiger charge is -2.21. The van der Waals surface area contributed by atoms with Gasteiger partial charge in [-0.15, -0.1) is 12.4 Å². The van der Waals surface area contributed by atoms with Crippen LogP contribution in [0.2, 0.25) is 0 Å². The predicted molar refractivity (Wildman–Crippen MR) is 93.4 cm³/mol. The van der Waals surface area contributed by atoms with E-state index in [1.165, 1.54) is 6.07 Å². The average molecular weight is 338 g/mol. The number of benzene rings is 2. The Morgan fingerprint density at radius 1 is 1.09 bits per heavy atom. The van der Waals surface area contributed by atoms with Gasteiger partial charge >= 0.3 is 0 Å². The van der Waals surface area contributed by atoms with Gasteiger partial charge in [-0.25, -0.2) is 9.37 Å². The van der Waals surface area contributed by atoms with E-state index in [2.05, 4.69) is 4.98 Å². The second-order valence-corrected chi connectivity index (χ2v) is 5.77. The topological polar surface area (TPSA) is 42.1 Å². The maximum absolute atomic E-state index is 13.8. The molecule has 3 rings (SSSR count). The van der Waals surface area contributed by atoms with Crippen LogP contribution in [-0.2, 0) is 6.54 Å². The summed E-state index contributed by atoms with van der Waals surface area (Å²) in [7, 11) is 0. The molecule has 0 bridgehead atoms. The van der Waals surface area contributed by atoms with Gasteiger partial charge in [0.2, 0.25) is 0 Å². The Labute approximate surface area is 139 Å². The lowest BCUT2D eigenvalue weighted by atomic mass is 10.2. The van der Waals surface area contributed by atoms with Crippen LogP contribution in [0.3, 0.4) is 0 Å². The lowest BCUT2D eigenvalue weighted by Crippen LogP contribution is -2.29. The number of nitrogens with zero attached hydrogens (tertiary/aromatic N) is 2. The van der Waals surface area contributed by atoms with E-state index in [4.69, 9.17) is 5.73 Å². The second kappa shape index (κ2) is 7.54. The number of para-hydroxylation sites is 1. The SMILES string of the molecule is Cl.NCCN(Cc1ccccc1F)c1nc2ccccc2s1. The first kappa shape index (κ1) is 16.7. The van der Waals surface area contributed by atoms with Crippen LogP contribution in [0.5, 0.6) is 0 Å². The van der Waals surface area contributed by atoms with Gasteiger partial charge in [-0.05, 0) is 18.2 Å². The number of fused-ring (bicyclic) bond motifs is 1. The number of rotatable bonds is 5. The van der Waals surface area contributed by atoms with Gasteiger partial charge < -0.3 is 10.6 Å². The molecule has 0 spiro atoms. The molecule has 2 N–H and O–H groups in total. The fourth-order valence-electron chi connectivity index (χ4n) is 2.23. The summed E-state index contributed by atoms with van der Waals surface area (Å²) < 4.78 is 15.0. The summed E-state index contributed by atoms with van der Waals surface area (Å²) in [4.78, 5) is 6.65. The molecule has 6 heteroatoms. The van der Waals surface area contributed by atoms with Crippen LogP contribution in [0.15, 0.2) is 48.5 Å². The molecule has 0 atom stereocenters. The highest BCUT2D eigenvalue weighted by molar-refractivity contribution is 7.22. The van der Waals surface area contributed by atoms with Gasteiger partial charge in [0, 0.05) is 25.2 Å². The highest BCUT2D eigenvalue weighted by atomic mass is 35.5. The summed E-state index contributed by atoms with van der Waals surface area (Å²) in [6.45, 7) is 1.63. The standard InChI is InChI=1S/C16H16FN3S.ClH/c17-13-6-2-1-5-12(13)11-20(10-9-18)16-19-14-7-3-4-8-15(14)21-16;/h1-8H,9-11,18H2;1H. The van der Waals surface area contributed by atoms with Crippen LogP contribution in [0, 0.1) is 5.82 Å². The van der Waals surface area contributed by atoms with Crippen molar-refractivity contribution in [2.75, 3.05) is 18.0 Å². The molecule has 116 valence electrons. The Hall–Kier alpha value is -1.69. The van der Waals surface area contributed by atoms with Gasteiger partial charge in [0.05, 0.1) is 10.2 Å². The quantitative estimate of drug-likeness (QED) is 0.769. The van der Waals surface area contributed by atoms with Gasteiger partial charge in [-0.1, -0.05) is 41.7 Å². The molecule has 3 aromatic rings. The van der Waals surface area contributed by atoms with Crippen LogP contribution in [0.4, 0.5) is 9.52 Å². The summed E-state index contributed by atoms with van der Waals surface area (Å²) in [5.41, 5.74) is 7.32. The molecule has 1 aromatic heterocycles. The molecule has 0 fully saturated rings. The number of hydrogen-bond acceptors (Lipinski definition) is 4. The maximum atomic E-state index is 13.8. The number of anilines is 1. The van der Waals surface area contributed by atoms with E-state index < -0.39 is 0 Å². The third-order valence-corrected chi connectivity index (χ3v) is 4.37. The van der Waals surface area contributed by atoms with Crippen molar-refractivity contribution in [3.63, 3.8) is 0 Å². The second-order valence-electron chi connectivity index (χ2n) is 4.77. The van der Waals surface area contributed by atoms with E-state index >= 15 is 0 Å². The Morgan fingerprint density at radius 2 is 1.82 bits per heavy atom. The first-order chi connectivity index (χ1) is 10.3. The van der Waals surface area contributed by atoms with Gasteiger partial charge in [-0.2, -0.15) is 0 Å². The van der Waals surface area contributed by atoms with Crippen LogP contribution >= 0.6 is 23.7 Å². The largest absolute Gasteiger partial charge is 0.342 e. The zero-order valence-corrected chi connectivity index (χ0v) is 13.5. The summed E-state index contributed by atoms with van der Waals surface area (Å²) in [6, 6.07) is 14.8. The van der Waals surface area contributed by atoms with Gasteiger partial charge in [0.25, 0.3) is 0 Å². The Kier molecular flexibility index (Phi) is 5.71. The average Bonchev–Trinajstić information content (AvgIpc) is 2.93. The van der Waals surface area contributed by atoms with Crippen LogP contribution in [0.1, 0.15) is 5.56 Å². The van der Waals surface area contributed by atoms with Crippen LogP contribution in [-0.4, -0.2) is 18.1 Å². The monoisotopic (exact) mass is 337 g/mol. The molecule has 0 aliphatic heterocycles. The lowest BCUT2D eigenvalue weighted by molar-refractivity contribution is 0.604. The first-order valence-corrected chi connectivity index (χ1v) is 7.63. The highest BCUT2D eigenvalue weighted by Gasteiger charge is 2.13. The number of hydrogen-bond donors (Lipinski definition) is 1. The van der Waals surface area contributed by atoms with Gasteiger partial charge in [-0.3, -0.25) is 0 Å². The Morgan fingerprint density at radius 3 is 2.55 bits per heavy atom. The summed E-state index contributed by atoms with van der Waals surface area (Å²) in [5.74, 6) is -0.194. The van der Waals surface area contributed by atoms with Crippen LogP contribution in [0.25, 0.3) is 10.2 Å². The predicted octanol–water partition coefficient (Wildman–Crippen LogP) is 3.82. The Bertz CT molecular complexity index is 714. The maximum Gasteiger partial charge on any atom is 0.186 e. The van der Waals surface area contributed by atoms with Gasteiger partial charge in [0.15, 0.2) is 5.13 Å². The van der Waals surface area contributed by atoms with Crippen molar-refractivity contribution in [2.24, 2.45) is 5.73 Å². The summed E-state index contributed by atoms with van der Waals surface area (Å²) in [5, 5.41) is 0.880. The number of aromatic nitrogens is 1. The number of thiazole rings is 1. The zero-order chi connectivity index (χ0) is 14.7. The molecule has 0 aliphatic carbocycles. The van der Waals surface area contributed by atoms with E-state index in [0.717, 1.165) is 15.3 Å². The third kappa shape index (κ3) is 3.55. The van der Waals surface area contributed by atoms with E-state index in [1.54, 1.807) is 23.5 Å². The molecular formula is C16H17ClFN3S. The number of nitrogens with two attached hydrogens (primary N) is 1. The minimum atomic E-state index is -0.194. The fraction of sp³-hybridized carbons (Fsp3) is 0.188. The normalized spacial score (nSPS) is 10.5. The van der Waals surface area contributed by atoms with Crippen LogP contribution < -0.4 is 10.6 Å². The minimum absolute atomic E-state index is 0. The Balaban J connectivity index is 0.00000176. The van der Waals surface area contributed by atoms with Gasteiger partial charge in [0.1, 0.15) is 5.82 Å². The van der Waals surface area contributed by atoms with E-state index in [-0.39, 0.29) is 18.2 Å². The van der Waals surface area contributed by atoms with Crippen molar-refractivity contribution >= 4 is 39.1 Å².